The van der Waals surface area contributed by atoms with Crippen molar-refractivity contribution in [3.63, 3.8) is 0 Å². The Morgan fingerprint density at radius 2 is 2.06 bits per heavy atom. The average molecular weight is 461 g/mol. The summed E-state index contributed by atoms with van der Waals surface area (Å²) in [5, 5.41) is 20.8. The van der Waals surface area contributed by atoms with Gasteiger partial charge in [0.1, 0.15) is 5.82 Å². The summed E-state index contributed by atoms with van der Waals surface area (Å²) in [6.07, 6.45) is 6.06. The lowest BCUT2D eigenvalue weighted by molar-refractivity contribution is 0.0520. The summed E-state index contributed by atoms with van der Waals surface area (Å²) < 4.78 is 1.66. The highest BCUT2D eigenvalue weighted by Crippen LogP contribution is 2.38. The molecule has 1 saturated carbocycles. The van der Waals surface area contributed by atoms with Crippen LogP contribution in [0.5, 0.6) is 0 Å². The van der Waals surface area contributed by atoms with Crippen molar-refractivity contribution in [2.75, 3.05) is 5.32 Å². The number of pyridine rings is 1. The van der Waals surface area contributed by atoms with E-state index in [4.69, 9.17) is 16.6 Å². The number of amides is 2. The van der Waals surface area contributed by atoms with Gasteiger partial charge in [0.15, 0.2) is 0 Å². The minimum absolute atomic E-state index is 0.145. The topological polar surface area (TPSA) is 112 Å². The fourth-order valence-electron chi connectivity index (χ4n) is 4.82. The monoisotopic (exact) mass is 460 g/mol. The van der Waals surface area contributed by atoms with Crippen LogP contribution in [0.2, 0.25) is 5.02 Å². The maximum Gasteiger partial charge on any atom is 0.408 e. The Balaban J connectivity index is 1.75. The van der Waals surface area contributed by atoms with E-state index in [0.29, 0.717) is 34.2 Å². The number of carbonyl (C=O) groups is 2. The van der Waals surface area contributed by atoms with E-state index in [1.54, 1.807) is 24.1 Å². The summed E-state index contributed by atoms with van der Waals surface area (Å²) in [7, 11) is 1.80. The van der Waals surface area contributed by atoms with Gasteiger partial charge in [0.05, 0.1) is 28.5 Å². The van der Waals surface area contributed by atoms with Crippen LogP contribution in [0.25, 0.3) is 11.3 Å². The van der Waals surface area contributed by atoms with Gasteiger partial charge in [0, 0.05) is 42.5 Å². The zero-order chi connectivity index (χ0) is 23.2. The maximum absolute atomic E-state index is 12.5. The fraction of sp³-hybridized carbons (Fsp3) is 0.545. The van der Waals surface area contributed by atoms with Crippen LogP contribution in [0.3, 0.4) is 0 Å². The molecule has 2 aromatic heterocycles. The first-order valence-electron chi connectivity index (χ1n) is 10.9. The molecule has 0 bridgehead atoms. The molecular weight excluding hydrogens is 432 g/mol. The zero-order valence-electron chi connectivity index (χ0n) is 18.8. The van der Waals surface area contributed by atoms with Crippen LogP contribution in [-0.4, -0.2) is 54.4 Å². The van der Waals surface area contributed by atoms with Gasteiger partial charge in [-0.25, -0.2) is 9.78 Å². The number of aryl methyl sites for hydroxylation is 1. The first kappa shape index (κ1) is 22.4. The third kappa shape index (κ3) is 4.01. The van der Waals surface area contributed by atoms with Crippen LogP contribution in [0, 0.1) is 0 Å². The Morgan fingerprint density at radius 3 is 2.69 bits per heavy atom. The van der Waals surface area contributed by atoms with Gasteiger partial charge in [-0.3, -0.25) is 14.4 Å². The molecule has 1 fully saturated rings. The van der Waals surface area contributed by atoms with Gasteiger partial charge in [-0.05, 0) is 33.6 Å². The summed E-state index contributed by atoms with van der Waals surface area (Å²) in [6, 6.07) is -0.358. The molecule has 10 heteroatoms. The Labute approximate surface area is 192 Å². The van der Waals surface area contributed by atoms with Crippen molar-refractivity contribution in [2.24, 2.45) is 7.05 Å². The van der Waals surface area contributed by atoms with Gasteiger partial charge >= 0.3 is 6.09 Å². The molecule has 0 radical (unpaired) electrons. The quantitative estimate of drug-likeness (QED) is 0.638. The molecule has 3 heterocycles. The van der Waals surface area contributed by atoms with Gasteiger partial charge < -0.3 is 15.7 Å². The predicted octanol–water partition coefficient (Wildman–Crippen LogP) is 3.88. The van der Waals surface area contributed by atoms with Crippen LogP contribution in [0.15, 0.2) is 12.4 Å². The summed E-state index contributed by atoms with van der Waals surface area (Å²) in [5.74, 6) is 0.261. The number of carbonyl (C=O) groups excluding carboxylic acids is 1. The lowest BCUT2D eigenvalue weighted by atomic mass is 9.86. The fourth-order valence-corrected chi connectivity index (χ4v) is 5.08. The van der Waals surface area contributed by atoms with Crippen LogP contribution in [0.1, 0.15) is 62.4 Å². The third-order valence-electron chi connectivity index (χ3n) is 6.18. The maximum atomic E-state index is 12.5. The molecule has 1 aliphatic heterocycles. The highest BCUT2D eigenvalue weighted by Gasteiger charge is 2.40. The number of halogens is 1. The normalized spacial score (nSPS) is 20.6. The second-order valence-electron chi connectivity index (χ2n) is 9.49. The SMILES string of the molecule is Cn1cc(-c2nc(N[C@@H]3CCCC[C@@H]3N(C(=O)O)C(C)(C)C)c(Cl)c3c2C(=O)NC3)cn1. The van der Waals surface area contributed by atoms with Crippen molar-refractivity contribution in [1.82, 2.24) is 25.0 Å². The van der Waals surface area contributed by atoms with Crippen molar-refractivity contribution in [2.45, 2.75) is 70.6 Å². The van der Waals surface area contributed by atoms with Gasteiger partial charge in [0.2, 0.25) is 0 Å². The van der Waals surface area contributed by atoms with E-state index in [9.17, 15) is 14.7 Å². The molecule has 2 amide bonds. The van der Waals surface area contributed by atoms with E-state index in [0.717, 1.165) is 31.2 Å². The molecule has 0 spiro atoms. The van der Waals surface area contributed by atoms with E-state index < -0.39 is 11.6 Å². The van der Waals surface area contributed by atoms with Crippen LogP contribution < -0.4 is 10.6 Å². The Hall–Kier alpha value is -2.81. The molecule has 0 unspecified atom stereocenters. The van der Waals surface area contributed by atoms with E-state index >= 15 is 0 Å². The molecular formula is C22H29ClN6O3. The molecule has 9 nitrogen and oxygen atoms in total. The standard InChI is InChI=1S/C22H29ClN6O3/c1-22(2,3)29(21(31)32)15-8-6-5-7-14(15)26-19-17(23)13-10-24-20(30)16(13)18(27-19)12-9-25-28(4)11-12/h9,11,14-15H,5-8,10H2,1-4H3,(H,24,30)(H,26,27)(H,31,32)/t14-,15+/m1/s1. The van der Waals surface area contributed by atoms with Crippen molar-refractivity contribution in [3.8, 4) is 11.3 Å². The number of anilines is 1. The number of carboxylic acid groups (broad SMARTS) is 1. The molecule has 2 aliphatic rings. The lowest BCUT2D eigenvalue weighted by Crippen LogP contribution is -2.58. The summed E-state index contributed by atoms with van der Waals surface area (Å²) >= 11 is 6.72. The van der Waals surface area contributed by atoms with E-state index in [1.807, 2.05) is 20.8 Å². The smallest absolute Gasteiger partial charge is 0.408 e. The van der Waals surface area contributed by atoms with Crippen molar-refractivity contribution in [3.05, 3.63) is 28.5 Å². The molecule has 0 aromatic carbocycles. The van der Waals surface area contributed by atoms with Crippen LogP contribution in [-0.2, 0) is 13.6 Å². The largest absolute Gasteiger partial charge is 0.465 e. The number of nitrogens with zero attached hydrogens (tertiary/aromatic N) is 4. The molecule has 2 atom stereocenters. The molecule has 32 heavy (non-hydrogen) atoms. The van der Waals surface area contributed by atoms with Gasteiger partial charge in [-0.1, -0.05) is 24.4 Å². The van der Waals surface area contributed by atoms with Gasteiger partial charge in [-0.2, -0.15) is 5.10 Å². The van der Waals surface area contributed by atoms with E-state index in [1.165, 1.54) is 4.90 Å². The van der Waals surface area contributed by atoms with Gasteiger partial charge in [0.25, 0.3) is 5.91 Å². The summed E-state index contributed by atoms with van der Waals surface area (Å²) in [4.78, 5) is 30.9. The summed E-state index contributed by atoms with van der Waals surface area (Å²) in [6.45, 7) is 6.05. The number of aromatic nitrogens is 3. The van der Waals surface area contributed by atoms with Crippen molar-refractivity contribution < 1.29 is 14.7 Å². The zero-order valence-corrected chi connectivity index (χ0v) is 19.5. The van der Waals surface area contributed by atoms with E-state index in [2.05, 4.69) is 15.7 Å². The predicted molar refractivity (Wildman–Crippen MR) is 122 cm³/mol. The average Bonchev–Trinajstić information content (AvgIpc) is 3.30. The first-order chi connectivity index (χ1) is 15.1. The Morgan fingerprint density at radius 1 is 1.34 bits per heavy atom. The number of nitrogens with one attached hydrogen (secondary N) is 2. The molecule has 0 saturated heterocycles. The van der Waals surface area contributed by atoms with Crippen LogP contribution >= 0.6 is 11.6 Å². The molecule has 4 rings (SSSR count). The molecule has 172 valence electrons. The Bertz CT molecular complexity index is 1060. The van der Waals surface area contributed by atoms with Gasteiger partial charge in [-0.15, -0.1) is 0 Å². The number of fused-ring (bicyclic) bond motifs is 1. The number of rotatable bonds is 4. The second-order valence-corrected chi connectivity index (χ2v) is 9.87. The third-order valence-corrected chi connectivity index (χ3v) is 6.59. The van der Waals surface area contributed by atoms with E-state index in [-0.39, 0.29) is 18.0 Å². The lowest BCUT2D eigenvalue weighted by Gasteiger charge is -2.45. The molecule has 2 aromatic rings. The van der Waals surface area contributed by atoms with Crippen molar-refractivity contribution in [1.29, 1.82) is 0 Å². The number of hydrogen-bond donors (Lipinski definition) is 3. The first-order valence-corrected chi connectivity index (χ1v) is 11.2. The van der Waals surface area contributed by atoms with Crippen molar-refractivity contribution >= 4 is 29.4 Å². The summed E-state index contributed by atoms with van der Waals surface area (Å²) in [5.41, 5.74) is 1.87. The van der Waals surface area contributed by atoms with Crippen LogP contribution in [0.4, 0.5) is 10.6 Å². The molecule has 1 aliphatic carbocycles. The minimum atomic E-state index is -0.935. The highest BCUT2D eigenvalue weighted by atomic mass is 35.5. The Kier molecular flexibility index (Phi) is 5.79. The highest BCUT2D eigenvalue weighted by molar-refractivity contribution is 6.34. The number of hydrogen-bond acceptors (Lipinski definition) is 5. The second kappa shape index (κ2) is 8.27. The minimum Gasteiger partial charge on any atom is -0.465 e. The molecule has 3 N–H and O–H groups in total.